The highest BCUT2D eigenvalue weighted by Crippen LogP contribution is 2.21. The number of aryl methyl sites for hydroxylation is 1. The van der Waals surface area contributed by atoms with Crippen molar-refractivity contribution in [1.29, 1.82) is 0 Å². The molecular formula is C14H19NO4. The standard InChI is InChI=1S/C14H19NO4/c1-9-4-6-12(18-2)10(8-9)14(17)11(15)5-7-13(16)19-3/h4,6,8,11H,5,7,15H2,1-3H3. The molecule has 0 radical (unpaired) electrons. The molecule has 1 atom stereocenters. The van der Waals surface area contributed by atoms with Gasteiger partial charge < -0.3 is 15.2 Å². The van der Waals surface area contributed by atoms with E-state index < -0.39 is 6.04 Å². The van der Waals surface area contributed by atoms with Crippen LogP contribution in [0, 0.1) is 6.92 Å². The predicted molar refractivity (Wildman–Crippen MR) is 71.3 cm³/mol. The van der Waals surface area contributed by atoms with Crippen molar-refractivity contribution in [2.75, 3.05) is 14.2 Å². The minimum Gasteiger partial charge on any atom is -0.496 e. The van der Waals surface area contributed by atoms with Crippen LogP contribution >= 0.6 is 0 Å². The van der Waals surface area contributed by atoms with Crippen LogP contribution in [0.15, 0.2) is 18.2 Å². The molecule has 0 aromatic heterocycles. The molecule has 0 fully saturated rings. The number of nitrogens with two attached hydrogens (primary N) is 1. The lowest BCUT2D eigenvalue weighted by molar-refractivity contribution is -0.140. The van der Waals surface area contributed by atoms with Crippen molar-refractivity contribution in [3.8, 4) is 5.75 Å². The van der Waals surface area contributed by atoms with Gasteiger partial charge in [0.1, 0.15) is 5.75 Å². The molecule has 1 aromatic carbocycles. The first-order valence-corrected chi connectivity index (χ1v) is 6.00. The van der Waals surface area contributed by atoms with Crippen LogP contribution in [0.1, 0.15) is 28.8 Å². The Bertz CT molecular complexity index is 471. The van der Waals surface area contributed by atoms with E-state index in [9.17, 15) is 9.59 Å². The Morgan fingerprint density at radius 2 is 2.00 bits per heavy atom. The molecule has 0 aliphatic heterocycles. The summed E-state index contributed by atoms with van der Waals surface area (Å²) >= 11 is 0. The summed E-state index contributed by atoms with van der Waals surface area (Å²) in [5.74, 6) is -0.118. The van der Waals surface area contributed by atoms with Gasteiger partial charge in [-0.05, 0) is 25.5 Å². The van der Waals surface area contributed by atoms with Crippen LogP contribution in [0.4, 0.5) is 0 Å². The Kier molecular flexibility index (Phi) is 5.51. The Morgan fingerprint density at radius 3 is 2.58 bits per heavy atom. The minimum atomic E-state index is -0.741. The summed E-state index contributed by atoms with van der Waals surface area (Å²) in [6.45, 7) is 1.89. The highest BCUT2D eigenvalue weighted by molar-refractivity contribution is 6.02. The van der Waals surface area contributed by atoms with E-state index in [4.69, 9.17) is 10.5 Å². The zero-order valence-electron chi connectivity index (χ0n) is 11.4. The summed E-state index contributed by atoms with van der Waals surface area (Å²) in [6, 6.07) is 4.58. The van der Waals surface area contributed by atoms with Gasteiger partial charge in [0.05, 0.1) is 25.8 Å². The van der Waals surface area contributed by atoms with Crippen LogP contribution in [0.25, 0.3) is 0 Å². The number of hydrogen-bond acceptors (Lipinski definition) is 5. The molecule has 104 valence electrons. The number of hydrogen-bond donors (Lipinski definition) is 1. The average Bonchev–Trinajstić information content (AvgIpc) is 2.43. The van der Waals surface area contributed by atoms with E-state index >= 15 is 0 Å². The molecule has 0 aliphatic carbocycles. The van der Waals surface area contributed by atoms with Crippen LogP contribution in [-0.2, 0) is 9.53 Å². The summed E-state index contributed by atoms with van der Waals surface area (Å²) in [7, 11) is 2.81. The number of methoxy groups -OCH3 is 2. The number of Topliss-reactive ketones (excluding diaryl/α,β-unsaturated/α-hetero) is 1. The first-order valence-electron chi connectivity index (χ1n) is 6.00. The molecule has 0 spiro atoms. The Balaban J connectivity index is 2.81. The molecule has 1 aromatic rings. The third-order valence-corrected chi connectivity index (χ3v) is 2.84. The summed E-state index contributed by atoms with van der Waals surface area (Å²) in [6.07, 6.45) is 0.375. The van der Waals surface area contributed by atoms with Crippen molar-refractivity contribution < 1.29 is 19.1 Å². The summed E-state index contributed by atoms with van der Waals surface area (Å²) in [5.41, 5.74) is 7.21. The lowest BCUT2D eigenvalue weighted by Crippen LogP contribution is -2.31. The number of ether oxygens (including phenoxy) is 2. The Hall–Kier alpha value is -1.88. The Labute approximate surface area is 112 Å². The van der Waals surface area contributed by atoms with E-state index in [1.165, 1.54) is 14.2 Å². The Morgan fingerprint density at radius 1 is 1.32 bits per heavy atom. The molecule has 0 bridgehead atoms. The number of carbonyl (C=O) groups excluding carboxylic acids is 2. The number of esters is 1. The van der Waals surface area contributed by atoms with Gasteiger partial charge in [0.2, 0.25) is 0 Å². The fourth-order valence-corrected chi connectivity index (χ4v) is 1.72. The zero-order chi connectivity index (χ0) is 14.4. The molecule has 5 heteroatoms. The number of ketones is 1. The normalized spacial score (nSPS) is 11.8. The summed E-state index contributed by atoms with van der Waals surface area (Å²) < 4.78 is 9.67. The molecule has 1 rings (SSSR count). The maximum absolute atomic E-state index is 12.2. The largest absolute Gasteiger partial charge is 0.496 e. The smallest absolute Gasteiger partial charge is 0.305 e. The quantitative estimate of drug-likeness (QED) is 0.622. The molecule has 1 unspecified atom stereocenters. The summed E-state index contributed by atoms with van der Waals surface area (Å²) in [4.78, 5) is 23.3. The summed E-state index contributed by atoms with van der Waals surface area (Å²) in [5, 5.41) is 0. The van der Waals surface area contributed by atoms with Gasteiger partial charge in [-0.15, -0.1) is 0 Å². The zero-order valence-corrected chi connectivity index (χ0v) is 11.4. The fraction of sp³-hybridized carbons (Fsp3) is 0.429. The van der Waals surface area contributed by atoms with E-state index in [1.54, 1.807) is 12.1 Å². The second-order valence-corrected chi connectivity index (χ2v) is 4.29. The molecule has 0 amide bonds. The van der Waals surface area contributed by atoms with Crippen molar-refractivity contribution in [2.24, 2.45) is 5.73 Å². The molecule has 2 N–H and O–H groups in total. The van der Waals surface area contributed by atoms with E-state index in [0.717, 1.165) is 5.56 Å². The number of rotatable bonds is 6. The van der Waals surface area contributed by atoms with Gasteiger partial charge >= 0.3 is 5.97 Å². The molecule has 0 heterocycles. The predicted octanol–water partition coefficient (Wildman–Crippen LogP) is 1.47. The monoisotopic (exact) mass is 265 g/mol. The minimum absolute atomic E-state index is 0.123. The van der Waals surface area contributed by atoms with Gasteiger partial charge in [0.25, 0.3) is 0 Å². The van der Waals surface area contributed by atoms with Gasteiger partial charge in [0.15, 0.2) is 5.78 Å². The van der Waals surface area contributed by atoms with Gasteiger partial charge in [-0.2, -0.15) is 0 Å². The van der Waals surface area contributed by atoms with Crippen LogP contribution in [0.2, 0.25) is 0 Å². The van der Waals surface area contributed by atoms with E-state index in [2.05, 4.69) is 4.74 Å². The maximum atomic E-state index is 12.2. The second kappa shape index (κ2) is 6.89. The SMILES string of the molecule is COC(=O)CCC(N)C(=O)c1cc(C)ccc1OC. The third kappa shape index (κ3) is 4.06. The second-order valence-electron chi connectivity index (χ2n) is 4.29. The number of benzene rings is 1. The van der Waals surface area contributed by atoms with Crippen LogP contribution in [0.5, 0.6) is 5.75 Å². The molecule has 5 nitrogen and oxygen atoms in total. The lowest BCUT2D eigenvalue weighted by Gasteiger charge is -2.13. The van der Waals surface area contributed by atoms with Gasteiger partial charge in [-0.25, -0.2) is 0 Å². The molecular weight excluding hydrogens is 246 g/mol. The fourth-order valence-electron chi connectivity index (χ4n) is 1.72. The van der Waals surface area contributed by atoms with Crippen molar-refractivity contribution in [2.45, 2.75) is 25.8 Å². The van der Waals surface area contributed by atoms with Gasteiger partial charge in [-0.3, -0.25) is 9.59 Å². The first kappa shape index (κ1) is 15.2. The van der Waals surface area contributed by atoms with Gasteiger partial charge in [0, 0.05) is 6.42 Å². The van der Waals surface area contributed by atoms with E-state index in [-0.39, 0.29) is 24.6 Å². The average molecular weight is 265 g/mol. The van der Waals surface area contributed by atoms with Crippen molar-refractivity contribution in [3.63, 3.8) is 0 Å². The third-order valence-electron chi connectivity index (χ3n) is 2.84. The maximum Gasteiger partial charge on any atom is 0.305 e. The molecule has 0 saturated heterocycles. The van der Waals surface area contributed by atoms with E-state index in [0.29, 0.717) is 11.3 Å². The van der Waals surface area contributed by atoms with Crippen LogP contribution in [0.3, 0.4) is 0 Å². The van der Waals surface area contributed by atoms with Crippen molar-refractivity contribution in [3.05, 3.63) is 29.3 Å². The first-order chi connectivity index (χ1) is 8.99. The van der Waals surface area contributed by atoms with Crippen LogP contribution in [-0.4, -0.2) is 32.0 Å². The van der Waals surface area contributed by atoms with Crippen molar-refractivity contribution in [1.82, 2.24) is 0 Å². The highest BCUT2D eigenvalue weighted by atomic mass is 16.5. The lowest BCUT2D eigenvalue weighted by atomic mass is 9.98. The van der Waals surface area contributed by atoms with Crippen LogP contribution < -0.4 is 10.5 Å². The van der Waals surface area contributed by atoms with Crippen molar-refractivity contribution >= 4 is 11.8 Å². The molecule has 0 aliphatic rings. The van der Waals surface area contributed by atoms with Gasteiger partial charge in [-0.1, -0.05) is 11.6 Å². The number of carbonyl (C=O) groups is 2. The van der Waals surface area contributed by atoms with E-state index in [1.807, 2.05) is 13.0 Å². The topological polar surface area (TPSA) is 78.6 Å². The molecule has 19 heavy (non-hydrogen) atoms. The highest BCUT2D eigenvalue weighted by Gasteiger charge is 2.20. The molecule has 0 saturated carbocycles.